The van der Waals surface area contributed by atoms with Crippen molar-refractivity contribution in [3.05, 3.63) is 63.3 Å². The summed E-state index contributed by atoms with van der Waals surface area (Å²) < 4.78 is 0.542. The Bertz CT molecular complexity index is 542. The molecule has 2 rings (SSSR count). The summed E-state index contributed by atoms with van der Waals surface area (Å²) in [4.78, 5) is 16.1. The molecule has 0 saturated heterocycles. The highest BCUT2D eigenvalue weighted by atomic mass is 79.9. The molecule has 1 aromatic carbocycles. The Morgan fingerprint density at radius 2 is 2.06 bits per heavy atom. The van der Waals surface area contributed by atoms with E-state index in [2.05, 4.69) is 20.9 Å². The molecule has 0 bridgehead atoms. The van der Waals surface area contributed by atoms with Crippen molar-refractivity contribution < 1.29 is 4.79 Å². The van der Waals surface area contributed by atoms with E-state index in [9.17, 15) is 4.79 Å². The molecule has 0 saturated carbocycles. The third-order valence-electron chi connectivity index (χ3n) is 2.09. The van der Waals surface area contributed by atoms with Crippen LogP contribution < -0.4 is 0 Å². The first-order chi connectivity index (χ1) is 7.68. The molecule has 0 atom stereocenters. The highest BCUT2D eigenvalue weighted by Gasteiger charge is 2.12. The number of hydrogen-bond acceptors (Lipinski definition) is 2. The van der Waals surface area contributed by atoms with Crippen molar-refractivity contribution in [2.45, 2.75) is 0 Å². The maximum atomic E-state index is 12.1. The minimum Gasteiger partial charge on any atom is -0.289 e. The SMILES string of the molecule is O=C(c1cccc(Cl)c1)c1cccnc1Br. The molecular formula is C12H7BrClNO. The maximum absolute atomic E-state index is 12.1. The van der Waals surface area contributed by atoms with Gasteiger partial charge >= 0.3 is 0 Å². The van der Waals surface area contributed by atoms with Crippen LogP contribution in [0.25, 0.3) is 0 Å². The maximum Gasteiger partial charge on any atom is 0.195 e. The van der Waals surface area contributed by atoms with Crippen molar-refractivity contribution in [3.63, 3.8) is 0 Å². The van der Waals surface area contributed by atoms with Gasteiger partial charge in [-0.3, -0.25) is 4.79 Å². The van der Waals surface area contributed by atoms with Crippen LogP contribution >= 0.6 is 27.5 Å². The van der Waals surface area contributed by atoms with Crippen LogP contribution in [0, 0.1) is 0 Å². The number of pyridine rings is 1. The van der Waals surface area contributed by atoms with E-state index in [0.29, 0.717) is 20.8 Å². The predicted octanol–water partition coefficient (Wildman–Crippen LogP) is 3.73. The van der Waals surface area contributed by atoms with Gasteiger partial charge in [0.15, 0.2) is 5.78 Å². The smallest absolute Gasteiger partial charge is 0.195 e. The van der Waals surface area contributed by atoms with Crippen LogP contribution in [0.3, 0.4) is 0 Å². The second kappa shape index (κ2) is 4.76. The Balaban J connectivity index is 2.44. The lowest BCUT2D eigenvalue weighted by Crippen LogP contribution is -2.02. The van der Waals surface area contributed by atoms with Crippen LogP contribution in [0.5, 0.6) is 0 Å². The van der Waals surface area contributed by atoms with Gasteiger partial charge in [0.25, 0.3) is 0 Å². The molecule has 0 amide bonds. The zero-order valence-electron chi connectivity index (χ0n) is 8.15. The largest absolute Gasteiger partial charge is 0.289 e. The quantitative estimate of drug-likeness (QED) is 0.624. The number of carbonyl (C=O) groups is 1. The highest BCUT2D eigenvalue weighted by molar-refractivity contribution is 9.10. The molecule has 0 spiro atoms. The van der Waals surface area contributed by atoms with Crippen molar-refractivity contribution in [2.75, 3.05) is 0 Å². The fraction of sp³-hybridized carbons (Fsp3) is 0. The lowest BCUT2D eigenvalue weighted by Gasteiger charge is -2.02. The van der Waals surface area contributed by atoms with E-state index in [-0.39, 0.29) is 5.78 Å². The minimum absolute atomic E-state index is 0.0949. The number of rotatable bonds is 2. The summed E-state index contributed by atoms with van der Waals surface area (Å²) in [7, 11) is 0. The summed E-state index contributed by atoms with van der Waals surface area (Å²) in [5.74, 6) is -0.0949. The Kier molecular flexibility index (Phi) is 3.36. The summed E-state index contributed by atoms with van der Waals surface area (Å²) in [6.07, 6.45) is 1.62. The van der Waals surface area contributed by atoms with Gasteiger partial charge in [0.1, 0.15) is 4.60 Å². The number of benzene rings is 1. The molecule has 2 aromatic rings. The second-order valence-electron chi connectivity index (χ2n) is 3.18. The first kappa shape index (κ1) is 11.3. The van der Waals surface area contributed by atoms with E-state index in [0.717, 1.165) is 0 Å². The van der Waals surface area contributed by atoms with Gasteiger partial charge in [-0.2, -0.15) is 0 Å². The van der Waals surface area contributed by atoms with Gasteiger partial charge in [0.05, 0.1) is 5.56 Å². The van der Waals surface area contributed by atoms with Gasteiger partial charge in [0.2, 0.25) is 0 Å². The Labute approximate surface area is 106 Å². The third kappa shape index (κ3) is 2.31. The predicted molar refractivity (Wildman–Crippen MR) is 66.8 cm³/mol. The van der Waals surface area contributed by atoms with E-state index in [1.165, 1.54) is 0 Å². The molecule has 0 aliphatic heterocycles. The highest BCUT2D eigenvalue weighted by Crippen LogP contribution is 2.19. The summed E-state index contributed by atoms with van der Waals surface area (Å²) in [5, 5.41) is 0.547. The van der Waals surface area contributed by atoms with Crippen LogP contribution in [0.4, 0.5) is 0 Å². The molecular weight excluding hydrogens is 289 g/mol. The number of aromatic nitrogens is 1. The van der Waals surface area contributed by atoms with Gasteiger partial charge < -0.3 is 0 Å². The standard InChI is InChI=1S/C12H7BrClNO/c13-12-10(5-2-6-15-12)11(16)8-3-1-4-9(14)7-8/h1-7H. The molecule has 1 heterocycles. The number of halogens is 2. The Hall–Kier alpha value is -1.19. The molecule has 0 fully saturated rings. The summed E-state index contributed by atoms with van der Waals surface area (Å²) >= 11 is 9.08. The third-order valence-corrected chi connectivity index (χ3v) is 2.96. The molecule has 0 radical (unpaired) electrons. The van der Waals surface area contributed by atoms with Crippen molar-refractivity contribution in [3.8, 4) is 0 Å². The molecule has 0 unspecified atom stereocenters. The monoisotopic (exact) mass is 295 g/mol. The van der Waals surface area contributed by atoms with Crippen molar-refractivity contribution in [2.24, 2.45) is 0 Å². The zero-order valence-corrected chi connectivity index (χ0v) is 10.5. The minimum atomic E-state index is -0.0949. The Morgan fingerprint density at radius 1 is 1.25 bits per heavy atom. The summed E-state index contributed by atoms with van der Waals surface area (Å²) in [6.45, 7) is 0. The van der Waals surface area contributed by atoms with Crippen LogP contribution in [0.15, 0.2) is 47.2 Å². The van der Waals surface area contributed by atoms with Gasteiger partial charge in [-0.15, -0.1) is 0 Å². The van der Waals surface area contributed by atoms with E-state index in [4.69, 9.17) is 11.6 Å². The van der Waals surface area contributed by atoms with E-state index < -0.39 is 0 Å². The normalized spacial score (nSPS) is 10.1. The van der Waals surface area contributed by atoms with Crippen molar-refractivity contribution in [1.29, 1.82) is 0 Å². The molecule has 0 N–H and O–H groups in total. The fourth-order valence-electron chi connectivity index (χ4n) is 1.34. The molecule has 2 nitrogen and oxygen atoms in total. The molecule has 1 aromatic heterocycles. The molecule has 4 heteroatoms. The molecule has 0 aliphatic rings. The van der Waals surface area contributed by atoms with Crippen molar-refractivity contribution in [1.82, 2.24) is 4.98 Å². The number of hydrogen-bond donors (Lipinski definition) is 0. The summed E-state index contributed by atoms with van der Waals surface area (Å²) in [6, 6.07) is 10.3. The van der Waals surface area contributed by atoms with Crippen LogP contribution in [0.1, 0.15) is 15.9 Å². The van der Waals surface area contributed by atoms with E-state index >= 15 is 0 Å². The fourth-order valence-corrected chi connectivity index (χ4v) is 1.96. The lowest BCUT2D eigenvalue weighted by molar-refractivity contribution is 0.103. The molecule has 80 valence electrons. The van der Waals surface area contributed by atoms with Crippen LogP contribution in [-0.2, 0) is 0 Å². The number of ketones is 1. The average Bonchev–Trinajstić information content (AvgIpc) is 2.29. The number of nitrogens with zero attached hydrogens (tertiary/aromatic N) is 1. The lowest BCUT2D eigenvalue weighted by atomic mass is 10.1. The van der Waals surface area contributed by atoms with Crippen LogP contribution in [0.2, 0.25) is 5.02 Å². The van der Waals surface area contributed by atoms with Gasteiger partial charge in [0, 0.05) is 16.8 Å². The first-order valence-electron chi connectivity index (χ1n) is 4.59. The number of carbonyl (C=O) groups excluding carboxylic acids is 1. The first-order valence-corrected chi connectivity index (χ1v) is 5.76. The second-order valence-corrected chi connectivity index (χ2v) is 4.37. The van der Waals surface area contributed by atoms with Crippen molar-refractivity contribution >= 4 is 33.3 Å². The molecule has 0 aliphatic carbocycles. The summed E-state index contributed by atoms with van der Waals surface area (Å²) in [5.41, 5.74) is 1.09. The topological polar surface area (TPSA) is 30.0 Å². The zero-order chi connectivity index (χ0) is 11.5. The van der Waals surface area contributed by atoms with Gasteiger partial charge in [-0.05, 0) is 40.2 Å². The van der Waals surface area contributed by atoms with E-state index in [1.54, 1.807) is 42.6 Å². The Morgan fingerprint density at radius 3 is 2.75 bits per heavy atom. The molecule has 16 heavy (non-hydrogen) atoms. The van der Waals surface area contributed by atoms with Gasteiger partial charge in [-0.1, -0.05) is 23.7 Å². The van der Waals surface area contributed by atoms with E-state index in [1.807, 2.05) is 0 Å². The van der Waals surface area contributed by atoms with Gasteiger partial charge in [-0.25, -0.2) is 4.98 Å². The van der Waals surface area contributed by atoms with Crippen LogP contribution in [-0.4, -0.2) is 10.8 Å². The average molecular weight is 297 g/mol.